The minimum atomic E-state index is -0.751. The van der Waals surface area contributed by atoms with Crippen LogP contribution in [0.4, 0.5) is 8.78 Å². The second-order valence-electron chi connectivity index (χ2n) is 2.92. The second kappa shape index (κ2) is 4.93. The van der Waals surface area contributed by atoms with Gasteiger partial charge in [-0.1, -0.05) is 0 Å². The number of rotatable bonds is 4. The molecular weight excluding hydrogens is 204 g/mol. The van der Waals surface area contributed by atoms with E-state index in [4.69, 9.17) is 15.2 Å². The predicted octanol–water partition coefficient (Wildman–Crippen LogP) is 1.48. The van der Waals surface area contributed by atoms with E-state index in [9.17, 15) is 8.78 Å². The molecule has 1 aromatic rings. The summed E-state index contributed by atoms with van der Waals surface area (Å²) in [6.07, 6.45) is 0.293. The zero-order valence-electron chi connectivity index (χ0n) is 8.64. The zero-order valence-corrected chi connectivity index (χ0v) is 8.64. The zero-order chi connectivity index (χ0) is 11.4. The Morgan fingerprint density at radius 3 is 1.93 bits per heavy atom. The van der Waals surface area contributed by atoms with E-state index in [0.717, 1.165) is 6.07 Å². The first-order valence-corrected chi connectivity index (χ1v) is 4.44. The molecule has 0 aliphatic rings. The number of nitrogens with two attached hydrogens (primary N) is 1. The molecule has 5 heteroatoms. The predicted molar refractivity (Wildman–Crippen MR) is 52.2 cm³/mol. The second-order valence-corrected chi connectivity index (χ2v) is 2.92. The van der Waals surface area contributed by atoms with Crippen molar-refractivity contribution >= 4 is 0 Å². The molecule has 1 rings (SSSR count). The minimum Gasteiger partial charge on any atom is -0.493 e. The van der Waals surface area contributed by atoms with E-state index >= 15 is 0 Å². The molecule has 0 radical (unpaired) electrons. The van der Waals surface area contributed by atoms with E-state index in [1.54, 1.807) is 0 Å². The molecule has 0 unspecified atom stereocenters. The molecule has 0 amide bonds. The molecule has 1 aromatic carbocycles. The molecule has 15 heavy (non-hydrogen) atoms. The molecule has 0 bridgehead atoms. The molecule has 0 fully saturated rings. The SMILES string of the molecule is COc1c(F)cc(F)c(OC)c1CCN. The third-order valence-electron chi connectivity index (χ3n) is 2.04. The summed E-state index contributed by atoms with van der Waals surface area (Å²) in [5.74, 6) is -1.53. The summed E-state index contributed by atoms with van der Waals surface area (Å²) in [7, 11) is 2.63. The lowest BCUT2D eigenvalue weighted by Crippen LogP contribution is -2.08. The minimum absolute atomic E-state index is 0.0151. The van der Waals surface area contributed by atoms with Crippen molar-refractivity contribution in [2.24, 2.45) is 5.73 Å². The van der Waals surface area contributed by atoms with Gasteiger partial charge in [-0.05, 0) is 13.0 Å². The van der Waals surface area contributed by atoms with Crippen molar-refractivity contribution in [2.75, 3.05) is 20.8 Å². The Labute approximate surface area is 86.8 Å². The summed E-state index contributed by atoms with van der Waals surface area (Å²) in [6.45, 7) is 0.260. The van der Waals surface area contributed by atoms with Crippen molar-refractivity contribution in [2.45, 2.75) is 6.42 Å². The number of methoxy groups -OCH3 is 2. The molecule has 0 aromatic heterocycles. The fourth-order valence-electron chi connectivity index (χ4n) is 1.45. The Hall–Kier alpha value is -1.36. The standard InChI is InChI=1S/C10H13F2NO2/c1-14-9-6(3-4-13)10(15-2)8(12)5-7(9)11/h5H,3-4,13H2,1-2H3. The molecule has 0 spiro atoms. The van der Waals surface area contributed by atoms with Crippen LogP contribution in [-0.2, 0) is 6.42 Å². The van der Waals surface area contributed by atoms with E-state index in [-0.39, 0.29) is 18.0 Å². The lowest BCUT2D eigenvalue weighted by molar-refractivity contribution is 0.349. The highest BCUT2D eigenvalue weighted by Gasteiger charge is 2.19. The first-order chi connectivity index (χ1) is 7.15. The smallest absolute Gasteiger partial charge is 0.168 e. The van der Waals surface area contributed by atoms with Crippen LogP contribution in [0.5, 0.6) is 11.5 Å². The summed E-state index contributed by atoms with van der Waals surface area (Å²) in [5, 5.41) is 0. The summed E-state index contributed by atoms with van der Waals surface area (Å²) in [5.41, 5.74) is 5.67. The summed E-state index contributed by atoms with van der Waals surface area (Å²) in [4.78, 5) is 0. The van der Waals surface area contributed by atoms with Gasteiger partial charge in [0, 0.05) is 11.6 Å². The largest absolute Gasteiger partial charge is 0.493 e. The molecule has 0 heterocycles. The van der Waals surface area contributed by atoms with Crippen molar-refractivity contribution in [3.05, 3.63) is 23.3 Å². The Morgan fingerprint density at radius 2 is 1.60 bits per heavy atom. The van der Waals surface area contributed by atoms with Gasteiger partial charge in [0.05, 0.1) is 14.2 Å². The number of halogens is 2. The van der Waals surface area contributed by atoms with Crippen molar-refractivity contribution in [1.82, 2.24) is 0 Å². The molecule has 84 valence electrons. The Balaban J connectivity index is 3.36. The fourth-order valence-corrected chi connectivity index (χ4v) is 1.45. The van der Waals surface area contributed by atoms with E-state index in [0.29, 0.717) is 12.0 Å². The average molecular weight is 217 g/mol. The molecule has 0 aliphatic carbocycles. The van der Waals surface area contributed by atoms with Gasteiger partial charge in [0.1, 0.15) is 0 Å². The van der Waals surface area contributed by atoms with Crippen molar-refractivity contribution in [1.29, 1.82) is 0 Å². The topological polar surface area (TPSA) is 44.5 Å². The van der Waals surface area contributed by atoms with Crippen molar-refractivity contribution in [3.8, 4) is 11.5 Å². The quantitative estimate of drug-likeness (QED) is 0.830. The van der Waals surface area contributed by atoms with E-state index in [2.05, 4.69) is 0 Å². The molecule has 0 saturated carbocycles. The number of hydrogen-bond donors (Lipinski definition) is 1. The van der Waals surface area contributed by atoms with E-state index < -0.39 is 11.6 Å². The number of hydrogen-bond acceptors (Lipinski definition) is 3. The maximum atomic E-state index is 13.3. The van der Waals surface area contributed by atoms with Gasteiger partial charge in [-0.2, -0.15) is 0 Å². The van der Waals surface area contributed by atoms with Crippen LogP contribution in [0.1, 0.15) is 5.56 Å². The molecule has 2 N–H and O–H groups in total. The molecule has 0 atom stereocenters. The first kappa shape index (κ1) is 11.7. The maximum Gasteiger partial charge on any atom is 0.168 e. The Kier molecular flexibility index (Phi) is 3.85. The lowest BCUT2D eigenvalue weighted by Gasteiger charge is -2.13. The van der Waals surface area contributed by atoms with Gasteiger partial charge < -0.3 is 15.2 Å². The van der Waals surface area contributed by atoms with Crippen LogP contribution in [0, 0.1) is 11.6 Å². The summed E-state index contributed by atoms with van der Waals surface area (Å²) < 4.78 is 36.3. The van der Waals surface area contributed by atoms with Gasteiger partial charge in [0.25, 0.3) is 0 Å². The molecule has 0 aliphatic heterocycles. The van der Waals surface area contributed by atoms with Crippen LogP contribution in [0.25, 0.3) is 0 Å². The Morgan fingerprint density at radius 1 is 1.13 bits per heavy atom. The van der Waals surface area contributed by atoms with E-state index in [1.165, 1.54) is 14.2 Å². The maximum absolute atomic E-state index is 13.3. The van der Waals surface area contributed by atoms with Crippen LogP contribution >= 0.6 is 0 Å². The normalized spacial score (nSPS) is 10.2. The van der Waals surface area contributed by atoms with Crippen LogP contribution < -0.4 is 15.2 Å². The average Bonchev–Trinajstić information content (AvgIpc) is 2.18. The van der Waals surface area contributed by atoms with Crippen LogP contribution in [0.15, 0.2) is 6.07 Å². The fraction of sp³-hybridized carbons (Fsp3) is 0.400. The highest BCUT2D eigenvalue weighted by atomic mass is 19.1. The highest BCUT2D eigenvalue weighted by Crippen LogP contribution is 2.33. The van der Waals surface area contributed by atoms with Gasteiger partial charge in [0.2, 0.25) is 0 Å². The van der Waals surface area contributed by atoms with Gasteiger partial charge in [-0.25, -0.2) is 8.78 Å². The van der Waals surface area contributed by atoms with Gasteiger partial charge in [-0.15, -0.1) is 0 Å². The van der Waals surface area contributed by atoms with Crippen LogP contribution in [-0.4, -0.2) is 20.8 Å². The lowest BCUT2D eigenvalue weighted by atomic mass is 10.1. The Bertz CT molecular complexity index is 328. The van der Waals surface area contributed by atoms with Gasteiger partial charge in [0.15, 0.2) is 23.1 Å². The molecule has 0 saturated heterocycles. The van der Waals surface area contributed by atoms with Crippen LogP contribution in [0.3, 0.4) is 0 Å². The summed E-state index contributed by atoms with van der Waals surface area (Å²) >= 11 is 0. The third kappa shape index (κ3) is 2.18. The third-order valence-corrected chi connectivity index (χ3v) is 2.04. The van der Waals surface area contributed by atoms with Crippen molar-refractivity contribution < 1.29 is 18.3 Å². The van der Waals surface area contributed by atoms with E-state index in [1.807, 2.05) is 0 Å². The first-order valence-electron chi connectivity index (χ1n) is 4.44. The monoisotopic (exact) mass is 217 g/mol. The van der Waals surface area contributed by atoms with Gasteiger partial charge >= 0.3 is 0 Å². The molecule has 3 nitrogen and oxygen atoms in total. The van der Waals surface area contributed by atoms with Gasteiger partial charge in [-0.3, -0.25) is 0 Å². The van der Waals surface area contributed by atoms with Crippen LogP contribution in [0.2, 0.25) is 0 Å². The highest BCUT2D eigenvalue weighted by molar-refractivity contribution is 5.47. The van der Waals surface area contributed by atoms with Crippen molar-refractivity contribution in [3.63, 3.8) is 0 Å². The number of ether oxygens (including phenoxy) is 2. The number of benzene rings is 1. The molecular formula is C10H13F2NO2. The summed E-state index contributed by atoms with van der Waals surface area (Å²) in [6, 6.07) is 0.734.